The maximum absolute atomic E-state index is 12.2. The summed E-state index contributed by atoms with van der Waals surface area (Å²) in [6.45, 7) is 1.75. The molecule has 3 rings (SSSR count). The smallest absolute Gasteiger partial charge is 0.239 e. The van der Waals surface area contributed by atoms with E-state index in [1.54, 1.807) is 27.6 Å². The molecule has 3 heterocycles. The van der Waals surface area contributed by atoms with Crippen molar-refractivity contribution in [1.82, 2.24) is 14.8 Å². The van der Waals surface area contributed by atoms with Crippen LogP contribution in [0.2, 0.25) is 0 Å². The quantitative estimate of drug-likeness (QED) is 0.869. The number of carbonyl (C=O) groups excluding carboxylic acids is 1. The number of thiophene rings is 1. The van der Waals surface area contributed by atoms with Crippen molar-refractivity contribution in [2.75, 3.05) is 20.6 Å². The average Bonchev–Trinajstić information content (AvgIpc) is 3.19. The first-order valence-electron chi connectivity index (χ1n) is 7.07. The van der Waals surface area contributed by atoms with Crippen molar-refractivity contribution in [3.63, 3.8) is 0 Å². The number of likely N-dealkylation sites (tertiary alicyclic amines) is 1. The lowest BCUT2D eigenvalue weighted by Gasteiger charge is -2.25. The van der Waals surface area contributed by atoms with Crippen LogP contribution in [0.15, 0.2) is 22.2 Å². The van der Waals surface area contributed by atoms with E-state index in [-0.39, 0.29) is 11.9 Å². The first-order valence-corrected chi connectivity index (χ1v) is 8.89. The minimum absolute atomic E-state index is 0.0197. The highest BCUT2D eigenvalue weighted by Crippen LogP contribution is 2.27. The van der Waals surface area contributed by atoms with Gasteiger partial charge in [0.15, 0.2) is 0 Å². The monoisotopic (exact) mass is 321 g/mol. The largest absolute Gasteiger partial charge is 0.347 e. The molecule has 0 saturated carbocycles. The maximum atomic E-state index is 12.2. The van der Waals surface area contributed by atoms with Crippen molar-refractivity contribution in [3.8, 4) is 10.6 Å². The molecule has 6 heteroatoms. The van der Waals surface area contributed by atoms with E-state index >= 15 is 0 Å². The van der Waals surface area contributed by atoms with Gasteiger partial charge in [0, 0.05) is 37.0 Å². The van der Waals surface area contributed by atoms with Gasteiger partial charge < -0.3 is 4.90 Å². The molecule has 2 aromatic rings. The van der Waals surface area contributed by atoms with Crippen molar-refractivity contribution in [3.05, 3.63) is 27.9 Å². The van der Waals surface area contributed by atoms with Gasteiger partial charge >= 0.3 is 0 Å². The Labute approximate surface area is 133 Å². The second kappa shape index (κ2) is 6.25. The Morgan fingerprint density at radius 2 is 2.33 bits per heavy atom. The van der Waals surface area contributed by atoms with Crippen molar-refractivity contribution in [2.45, 2.75) is 25.4 Å². The predicted molar refractivity (Wildman–Crippen MR) is 87.6 cm³/mol. The van der Waals surface area contributed by atoms with E-state index in [4.69, 9.17) is 4.98 Å². The fourth-order valence-corrected chi connectivity index (χ4v) is 4.22. The summed E-state index contributed by atoms with van der Waals surface area (Å²) in [6.07, 6.45) is 2.05. The number of thiazole rings is 1. The van der Waals surface area contributed by atoms with Crippen LogP contribution >= 0.6 is 22.7 Å². The molecule has 2 aromatic heterocycles. The molecule has 0 bridgehead atoms. The molecule has 1 amide bonds. The lowest BCUT2D eigenvalue weighted by atomic mass is 10.2. The van der Waals surface area contributed by atoms with Crippen LogP contribution in [0.3, 0.4) is 0 Å². The van der Waals surface area contributed by atoms with Gasteiger partial charge in [0.25, 0.3) is 0 Å². The van der Waals surface area contributed by atoms with Crippen LogP contribution in [-0.2, 0) is 11.3 Å². The summed E-state index contributed by atoms with van der Waals surface area (Å²) >= 11 is 3.37. The highest BCUT2D eigenvalue weighted by Gasteiger charge is 2.31. The highest BCUT2D eigenvalue weighted by molar-refractivity contribution is 7.14. The number of hydrogen-bond donors (Lipinski definition) is 0. The van der Waals surface area contributed by atoms with Crippen LogP contribution in [0.4, 0.5) is 0 Å². The van der Waals surface area contributed by atoms with E-state index in [1.165, 1.54) is 5.56 Å². The van der Waals surface area contributed by atoms with E-state index in [0.717, 1.165) is 36.6 Å². The van der Waals surface area contributed by atoms with E-state index < -0.39 is 0 Å². The molecule has 0 aliphatic carbocycles. The molecule has 1 fully saturated rings. The molecule has 1 aliphatic rings. The summed E-state index contributed by atoms with van der Waals surface area (Å²) in [5, 5.41) is 7.38. The summed E-state index contributed by atoms with van der Waals surface area (Å²) < 4.78 is 0. The third kappa shape index (κ3) is 3.17. The van der Waals surface area contributed by atoms with E-state index in [2.05, 4.69) is 27.1 Å². The zero-order valence-electron chi connectivity index (χ0n) is 12.3. The third-order valence-electron chi connectivity index (χ3n) is 3.77. The van der Waals surface area contributed by atoms with Gasteiger partial charge in [-0.3, -0.25) is 9.69 Å². The Balaban J connectivity index is 1.70. The Hall–Kier alpha value is -1.24. The zero-order valence-corrected chi connectivity index (χ0v) is 13.9. The number of amides is 1. The minimum Gasteiger partial charge on any atom is -0.347 e. The number of nitrogens with zero attached hydrogens (tertiary/aromatic N) is 3. The van der Waals surface area contributed by atoms with Gasteiger partial charge in [-0.25, -0.2) is 4.98 Å². The second-order valence-electron chi connectivity index (χ2n) is 5.52. The van der Waals surface area contributed by atoms with E-state index in [1.807, 2.05) is 14.1 Å². The fourth-order valence-electron chi connectivity index (χ4n) is 2.70. The lowest BCUT2D eigenvalue weighted by molar-refractivity contribution is -0.133. The van der Waals surface area contributed by atoms with Crippen molar-refractivity contribution >= 4 is 28.6 Å². The molecule has 21 heavy (non-hydrogen) atoms. The third-order valence-corrected chi connectivity index (χ3v) is 5.40. The summed E-state index contributed by atoms with van der Waals surface area (Å²) in [7, 11) is 3.66. The van der Waals surface area contributed by atoms with Gasteiger partial charge in [0.05, 0.1) is 11.7 Å². The molecule has 1 saturated heterocycles. The van der Waals surface area contributed by atoms with Crippen molar-refractivity contribution in [1.29, 1.82) is 0 Å². The minimum atomic E-state index is 0.0197. The number of rotatable bonds is 4. The molecule has 0 spiro atoms. The molecular formula is C15H19N3OS2. The molecule has 112 valence electrons. The number of carbonyl (C=O) groups is 1. The molecule has 1 aliphatic heterocycles. The normalized spacial score (nSPS) is 19.0. The number of aromatic nitrogens is 1. The van der Waals surface area contributed by atoms with Crippen LogP contribution in [0.1, 0.15) is 18.5 Å². The van der Waals surface area contributed by atoms with Crippen molar-refractivity contribution < 1.29 is 4.79 Å². The SMILES string of the molecule is CN(C)C(=O)C1CCCN1Cc1csc(-c2ccsc2)n1. The Kier molecular flexibility index (Phi) is 4.37. The van der Waals surface area contributed by atoms with Crippen LogP contribution in [-0.4, -0.2) is 47.4 Å². The summed E-state index contributed by atoms with van der Waals surface area (Å²) in [4.78, 5) is 20.9. The van der Waals surface area contributed by atoms with Crippen molar-refractivity contribution in [2.24, 2.45) is 0 Å². The summed E-state index contributed by atoms with van der Waals surface area (Å²) in [5.41, 5.74) is 2.26. The second-order valence-corrected chi connectivity index (χ2v) is 7.16. The molecule has 0 radical (unpaired) electrons. The van der Waals surface area contributed by atoms with Crippen LogP contribution in [0.5, 0.6) is 0 Å². The summed E-state index contributed by atoms with van der Waals surface area (Å²) in [5.74, 6) is 0.209. The first-order chi connectivity index (χ1) is 10.1. The Morgan fingerprint density at radius 1 is 1.48 bits per heavy atom. The number of likely N-dealkylation sites (N-methyl/N-ethyl adjacent to an activating group) is 1. The topological polar surface area (TPSA) is 36.4 Å². The molecule has 0 N–H and O–H groups in total. The van der Waals surface area contributed by atoms with Crippen LogP contribution in [0, 0.1) is 0 Å². The van der Waals surface area contributed by atoms with Crippen LogP contribution < -0.4 is 0 Å². The van der Waals surface area contributed by atoms with Gasteiger partial charge in [-0.1, -0.05) is 0 Å². The van der Waals surface area contributed by atoms with E-state index in [0.29, 0.717) is 0 Å². The maximum Gasteiger partial charge on any atom is 0.239 e. The Morgan fingerprint density at radius 3 is 3.05 bits per heavy atom. The van der Waals surface area contributed by atoms with Gasteiger partial charge in [0.1, 0.15) is 5.01 Å². The van der Waals surface area contributed by atoms with E-state index in [9.17, 15) is 4.79 Å². The average molecular weight is 321 g/mol. The fraction of sp³-hybridized carbons (Fsp3) is 0.467. The molecular weight excluding hydrogens is 302 g/mol. The van der Waals surface area contributed by atoms with Gasteiger partial charge in [-0.2, -0.15) is 11.3 Å². The summed E-state index contributed by atoms with van der Waals surface area (Å²) in [6, 6.07) is 2.12. The Bertz CT molecular complexity index is 606. The highest BCUT2D eigenvalue weighted by atomic mass is 32.1. The number of hydrogen-bond acceptors (Lipinski definition) is 5. The van der Waals surface area contributed by atoms with Gasteiger partial charge in [-0.15, -0.1) is 11.3 Å². The lowest BCUT2D eigenvalue weighted by Crippen LogP contribution is -2.42. The predicted octanol–water partition coefficient (Wildman–Crippen LogP) is 2.92. The molecule has 4 nitrogen and oxygen atoms in total. The molecule has 1 unspecified atom stereocenters. The standard InChI is InChI=1S/C15H19N3OS2/c1-17(2)15(19)13-4-3-6-18(13)8-12-10-21-14(16-12)11-5-7-20-9-11/h5,7,9-10,13H,3-4,6,8H2,1-2H3. The first kappa shape index (κ1) is 14.7. The zero-order chi connectivity index (χ0) is 14.8. The molecule has 0 aromatic carbocycles. The van der Waals surface area contributed by atoms with Gasteiger partial charge in [-0.05, 0) is 30.8 Å². The van der Waals surface area contributed by atoms with Gasteiger partial charge in [0.2, 0.25) is 5.91 Å². The van der Waals surface area contributed by atoms with Crippen LogP contribution in [0.25, 0.3) is 10.6 Å². The molecule has 1 atom stereocenters.